The fourth-order valence-corrected chi connectivity index (χ4v) is 3.17. The molecular weight excluding hydrogens is 264 g/mol. The zero-order valence-electron chi connectivity index (χ0n) is 12.5. The van der Waals surface area contributed by atoms with Crippen molar-refractivity contribution in [3.05, 3.63) is 30.1 Å². The van der Waals surface area contributed by atoms with Gasteiger partial charge < -0.3 is 10.2 Å². The van der Waals surface area contributed by atoms with Gasteiger partial charge in [-0.2, -0.15) is 0 Å². The minimum Gasteiger partial charge on any atom is -0.335 e. The van der Waals surface area contributed by atoms with Crippen molar-refractivity contribution in [1.82, 2.24) is 20.1 Å². The Hall–Kier alpha value is -1.62. The number of aromatic nitrogens is 1. The van der Waals surface area contributed by atoms with Crippen LogP contribution in [-0.4, -0.2) is 53.0 Å². The molecule has 5 heteroatoms. The summed E-state index contributed by atoms with van der Waals surface area (Å²) in [5.74, 6) is 0. The van der Waals surface area contributed by atoms with Gasteiger partial charge in [-0.05, 0) is 25.0 Å². The van der Waals surface area contributed by atoms with Gasteiger partial charge in [-0.3, -0.25) is 9.88 Å². The van der Waals surface area contributed by atoms with Crippen LogP contribution in [0.1, 0.15) is 31.4 Å². The molecule has 0 spiro atoms. The first kappa shape index (κ1) is 14.3. The summed E-state index contributed by atoms with van der Waals surface area (Å²) in [6.07, 6.45) is 6.63. The first-order chi connectivity index (χ1) is 10.3. The summed E-state index contributed by atoms with van der Waals surface area (Å²) in [4.78, 5) is 20.9. The van der Waals surface area contributed by atoms with E-state index in [1.165, 1.54) is 12.8 Å². The highest BCUT2D eigenvalue weighted by atomic mass is 16.2. The van der Waals surface area contributed by atoms with E-state index in [2.05, 4.69) is 21.3 Å². The fourth-order valence-electron chi connectivity index (χ4n) is 3.17. The summed E-state index contributed by atoms with van der Waals surface area (Å²) < 4.78 is 0. The lowest BCUT2D eigenvalue weighted by atomic mass is 10.2. The summed E-state index contributed by atoms with van der Waals surface area (Å²) in [7, 11) is 0. The number of nitrogens with zero attached hydrogens (tertiary/aromatic N) is 3. The van der Waals surface area contributed by atoms with E-state index >= 15 is 0 Å². The van der Waals surface area contributed by atoms with E-state index < -0.39 is 0 Å². The standard InChI is InChI=1S/C16H24N4O/c21-16(18-14-5-1-2-6-14)20-11-9-19(10-12-20)13-15-7-3-4-8-17-15/h3-4,7-8,14H,1-2,5-6,9-13H2,(H,18,21). The van der Waals surface area contributed by atoms with Crippen LogP contribution in [0.15, 0.2) is 24.4 Å². The third-order valence-corrected chi connectivity index (χ3v) is 4.45. The molecule has 0 aromatic carbocycles. The second kappa shape index (κ2) is 6.89. The first-order valence-electron chi connectivity index (χ1n) is 7.99. The molecule has 3 rings (SSSR count). The molecule has 1 aliphatic heterocycles. The van der Waals surface area contributed by atoms with Gasteiger partial charge in [0.2, 0.25) is 0 Å². The first-order valence-corrected chi connectivity index (χ1v) is 7.99. The molecule has 2 fully saturated rings. The van der Waals surface area contributed by atoms with E-state index in [0.29, 0.717) is 6.04 Å². The van der Waals surface area contributed by atoms with Crippen LogP contribution in [0.4, 0.5) is 4.79 Å². The third kappa shape index (κ3) is 3.94. The molecule has 1 saturated carbocycles. The van der Waals surface area contributed by atoms with Crippen molar-refractivity contribution in [3.63, 3.8) is 0 Å². The maximum absolute atomic E-state index is 12.2. The summed E-state index contributed by atoms with van der Waals surface area (Å²) in [5, 5.41) is 3.17. The Balaban J connectivity index is 1.43. The minimum atomic E-state index is 0.124. The number of hydrogen-bond donors (Lipinski definition) is 1. The number of amides is 2. The Morgan fingerprint density at radius 3 is 2.62 bits per heavy atom. The second-order valence-corrected chi connectivity index (χ2v) is 6.02. The Bertz CT molecular complexity index is 451. The average Bonchev–Trinajstić information content (AvgIpc) is 3.02. The molecule has 1 aromatic heterocycles. The predicted molar refractivity (Wildman–Crippen MR) is 81.9 cm³/mol. The third-order valence-electron chi connectivity index (χ3n) is 4.45. The molecule has 2 amide bonds. The molecule has 114 valence electrons. The summed E-state index contributed by atoms with van der Waals surface area (Å²) in [6.45, 7) is 4.35. The predicted octanol–water partition coefficient (Wildman–Crippen LogP) is 1.85. The zero-order chi connectivity index (χ0) is 14.5. The quantitative estimate of drug-likeness (QED) is 0.923. The number of urea groups is 1. The van der Waals surface area contributed by atoms with Crippen LogP contribution in [0, 0.1) is 0 Å². The number of nitrogens with one attached hydrogen (secondary N) is 1. The molecule has 1 N–H and O–H groups in total. The number of carbonyl (C=O) groups excluding carboxylic acids is 1. The van der Waals surface area contributed by atoms with Crippen molar-refractivity contribution in [1.29, 1.82) is 0 Å². The van der Waals surface area contributed by atoms with Crippen LogP contribution in [0.3, 0.4) is 0 Å². The molecule has 5 nitrogen and oxygen atoms in total. The van der Waals surface area contributed by atoms with Gasteiger partial charge >= 0.3 is 6.03 Å². The van der Waals surface area contributed by atoms with Crippen LogP contribution in [-0.2, 0) is 6.54 Å². The summed E-state index contributed by atoms with van der Waals surface area (Å²) >= 11 is 0. The molecule has 1 aliphatic carbocycles. The number of carbonyl (C=O) groups is 1. The Morgan fingerprint density at radius 1 is 1.19 bits per heavy atom. The van der Waals surface area contributed by atoms with Crippen LogP contribution in [0.25, 0.3) is 0 Å². The van der Waals surface area contributed by atoms with Gasteiger partial charge in [0.15, 0.2) is 0 Å². The van der Waals surface area contributed by atoms with E-state index in [1.807, 2.05) is 23.2 Å². The highest BCUT2D eigenvalue weighted by molar-refractivity contribution is 5.74. The van der Waals surface area contributed by atoms with Crippen LogP contribution in [0.5, 0.6) is 0 Å². The van der Waals surface area contributed by atoms with Crippen molar-refractivity contribution in [2.24, 2.45) is 0 Å². The smallest absolute Gasteiger partial charge is 0.317 e. The molecule has 0 unspecified atom stereocenters. The van der Waals surface area contributed by atoms with Crippen molar-refractivity contribution < 1.29 is 4.79 Å². The van der Waals surface area contributed by atoms with E-state index in [0.717, 1.165) is 51.3 Å². The molecular formula is C16H24N4O. The Kier molecular flexibility index (Phi) is 4.70. The number of piperazine rings is 1. The van der Waals surface area contributed by atoms with Gasteiger partial charge in [0.1, 0.15) is 0 Å². The number of rotatable bonds is 3. The molecule has 2 heterocycles. The summed E-state index contributed by atoms with van der Waals surface area (Å²) in [6, 6.07) is 6.55. The highest BCUT2D eigenvalue weighted by Gasteiger charge is 2.24. The van der Waals surface area contributed by atoms with Gasteiger partial charge in [0.25, 0.3) is 0 Å². The number of pyridine rings is 1. The van der Waals surface area contributed by atoms with Gasteiger partial charge in [-0.1, -0.05) is 18.9 Å². The Labute approximate surface area is 126 Å². The van der Waals surface area contributed by atoms with Crippen molar-refractivity contribution >= 4 is 6.03 Å². The molecule has 1 aromatic rings. The Morgan fingerprint density at radius 2 is 1.95 bits per heavy atom. The van der Waals surface area contributed by atoms with Crippen LogP contribution >= 0.6 is 0 Å². The molecule has 1 saturated heterocycles. The fraction of sp³-hybridized carbons (Fsp3) is 0.625. The molecule has 0 radical (unpaired) electrons. The van der Waals surface area contributed by atoms with Gasteiger partial charge in [-0.15, -0.1) is 0 Å². The number of hydrogen-bond acceptors (Lipinski definition) is 3. The maximum atomic E-state index is 12.2. The lowest BCUT2D eigenvalue weighted by Gasteiger charge is -2.35. The minimum absolute atomic E-state index is 0.124. The van der Waals surface area contributed by atoms with Crippen molar-refractivity contribution in [2.45, 2.75) is 38.3 Å². The normalized spacial score (nSPS) is 20.7. The summed E-state index contributed by atoms with van der Waals surface area (Å²) in [5.41, 5.74) is 1.10. The van der Waals surface area contributed by atoms with Crippen LogP contribution < -0.4 is 5.32 Å². The van der Waals surface area contributed by atoms with E-state index in [-0.39, 0.29) is 6.03 Å². The van der Waals surface area contributed by atoms with Crippen molar-refractivity contribution in [3.8, 4) is 0 Å². The van der Waals surface area contributed by atoms with Gasteiger partial charge in [0, 0.05) is 45.0 Å². The monoisotopic (exact) mass is 288 g/mol. The molecule has 2 aliphatic rings. The zero-order valence-corrected chi connectivity index (χ0v) is 12.5. The largest absolute Gasteiger partial charge is 0.335 e. The van der Waals surface area contributed by atoms with Crippen molar-refractivity contribution in [2.75, 3.05) is 26.2 Å². The van der Waals surface area contributed by atoms with Gasteiger partial charge in [0.05, 0.1) is 5.69 Å². The molecule has 0 bridgehead atoms. The van der Waals surface area contributed by atoms with E-state index in [9.17, 15) is 4.79 Å². The highest BCUT2D eigenvalue weighted by Crippen LogP contribution is 2.18. The van der Waals surface area contributed by atoms with Crippen LogP contribution in [0.2, 0.25) is 0 Å². The van der Waals surface area contributed by atoms with E-state index in [1.54, 1.807) is 0 Å². The SMILES string of the molecule is O=C(NC1CCCC1)N1CCN(Cc2ccccn2)CC1. The molecule has 21 heavy (non-hydrogen) atoms. The topological polar surface area (TPSA) is 48.5 Å². The maximum Gasteiger partial charge on any atom is 0.317 e. The lowest BCUT2D eigenvalue weighted by molar-refractivity contribution is 0.132. The average molecular weight is 288 g/mol. The lowest BCUT2D eigenvalue weighted by Crippen LogP contribution is -2.52. The molecule has 0 atom stereocenters. The van der Waals surface area contributed by atoms with E-state index in [4.69, 9.17) is 0 Å². The van der Waals surface area contributed by atoms with Gasteiger partial charge in [-0.25, -0.2) is 4.79 Å². The second-order valence-electron chi connectivity index (χ2n) is 6.02.